The Balaban J connectivity index is 0.00000324. The van der Waals surface area contributed by atoms with E-state index in [1.807, 2.05) is 0 Å². The highest BCUT2D eigenvalue weighted by Gasteiger charge is 2.15. The third-order valence-electron chi connectivity index (χ3n) is 2.54. The lowest BCUT2D eigenvalue weighted by Gasteiger charge is -2.18. The number of carbonyl (C=O) groups excluding carboxylic acids is 1. The van der Waals surface area contributed by atoms with Gasteiger partial charge in [0.15, 0.2) is 0 Å². The SMILES string of the molecule is COc1ccc(F)cc1C(C)NC(=O)CC(C)N.Cl. The van der Waals surface area contributed by atoms with Crippen LogP contribution in [0.25, 0.3) is 0 Å². The first kappa shape index (κ1) is 17.7. The fourth-order valence-electron chi connectivity index (χ4n) is 1.71. The summed E-state index contributed by atoms with van der Waals surface area (Å²) in [6.07, 6.45) is 0.238. The lowest BCUT2D eigenvalue weighted by molar-refractivity contribution is -0.122. The molecule has 0 radical (unpaired) electrons. The number of nitrogens with one attached hydrogen (secondary N) is 1. The standard InChI is InChI=1S/C13H19FN2O2.ClH/c1-8(15)6-13(17)16-9(2)11-7-10(14)4-5-12(11)18-3;/h4-5,7-9H,6,15H2,1-3H3,(H,16,17);1H. The molecule has 0 saturated carbocycles. The first-order chi connectivity index (χ1) is 8.43. The van der Waals surface area contributed by atoms with Crippen molar-refractivity contribution < 1.29 is 13.9 Å². The topological polar surface area (TPSA) is 64.3 Å². The van der Waals surface area contributed by atoms with Crippen LogP contribution in [0.4, 0.5) is 4.39 Å². The van der Waals surface area contributed by atoms with Gasteiger partial charge in [-0.25, -0.2) is 4.39 Å². The van der Waals surface area contributed by atoms with Crippen molar-refractivity contribution in [3.63, 3.8) is 0 Å². The van der Waals surface area contributed by atoms with Crippen molar-refractivity contribution in [3.05, 3.63) is 29.6 Å². The molecule has 0 saturated heterocycles. The van der Waals surface area contributed by atoms with Gasteiger partial charge in [0.1, 0.15) is 11.6 Å². The highest BCUT2D eigenvalue weighted by Crippen LogP contribution is 2.25. The zero-order valence-electron chi connectivity index (χ0n) is 11.3. The number of methoxy groups -OCH3 is 1. The summed E-state index contributed by atoms with van der Waals surface area (Å²) in [6.45, 7) is 3.53. The van der Waals surface area contributed by atoms with E-state index < -0.39 is 0 Å². The maximum atomic E-state index is 13.2. The van der Waals surface area contributed by atoms with Gasteiger partial charge in [-0.2, -0.15) is 0 Å². The van der Waals surface area contributed by atoms with E-state index in [1.54, 1.807) is 19.9 Å². The smallest absolute Gasteiger partial charge is 0.222 e. The van der Waals surface area contributed by atoms with Gasteiger partial charge in [0.05, 0.1) is 13.2 Å². The number of rotatable bonds is 5. The maximum Gasteiger partial charge on any atom is 0.222 e. The van der Waals surface area contributed by atoms with Crippen molar-refractivity contribution in [2.75, 3.05) is 7.11 Å². The van der Waals surface area contributed by atoms with Gasteiger partial charge in [-0.15, -0.1) is 12.4 Å². The molecule has 1 aromatic rings. The van der Waals surface area contributed by atoms with Crippen molar-refractivity contribution >= 4 is 18.3 Å². The van der Waals surface area contributed by atoms with E-state index in [1.165, 1.54) is 19.2 Å². The van der Waals surface area contributed by atoms with Crippen LogP contribution in [0.15, 0.2) is 18.2 Å². The van der Waals surface area contributed by atoms with Gasteiger partial charge in [0.25, 0.3) is 0 Å². The molecule has 6 heteroatoms. The van der Waals surface area contributed by atoms with E-state index in [2.05, 4.69) is 5.32 Å². The number of carbonyl (C=O) groups is 1. The Labute approximate surface area is 118 Å². The summed E-state index contributed by atoms with van der Waals surface area (Å²) in [6, 6.07) is 3.68. The average Bonchev–Trinajstić information content (AvgIpc) is 2.27. The van der Waals surface area contributed by atoms with Crippen molar-refractivity contribution in [2.24, 2.45) is 5.73 Å². The Morgan fingerprint density at radius 1 is 1.47 bits per heavy atom. The number of hydrogen-bond acceptors (Lipinski definition) is 3. The van der Waals surface area contributed by atoms with Gasteiger partial charge < -0.3 is 15.8 Å². The number of halogens is 2. The molecule has 0 aromatic heterocycles. The molecule has 0 heterocycles. The monoisotopic (exact) mass is 290 g/mol. The van der Waals surface area contributed by atoms with E-state index in [0.717, 1.165) is 0 Å². The fraction of sp³-hybridized carbons (Fsp3) is 0.462. The molecule has 108 valence electrons. The Hall–Kier alpha value is -1.33. The number of nitrogens with two attached hydrogens (primary N) is 1. The first-order valence-corrected chi connectivity index (χ1v) is 5.82. The van der Waals surface area contributed by atoms with Crippen LogP contribution in [0.1, 0.15) is 31.9 Å². The number of benzene rings is 1. The quantitative estimate of drug-likeness (QED) is 0.873. The van der Waals surface area contributed by atoms with Crippen LogP contribution in [0.5, 0.6) is 5.75 Å². The number of ether oxygens (including phenoxy) is 1. The summed E-state index contributed by atoms with van der Waals surface area (Å²) in [5.74, 6) is 0.0212. The number of hydrogen-bond donors (Lipinski definition) is 2. The Bertz CT molecular complexity index is 427. The molecule has 3 N–H and O–H groups in total. The molecule has 0 fully saturated rings. The molecule has 19 heavy (non-hydrogen) atoms. The highest BCUT2D eigenvalue weighted by molar-refractivity contribution is 5.85. The van der Waals surface area contributed by atoms with Crippen LogP contribution in [-0.4, -0.2) is 19.1 Å². The van der Waals surface area contributed by atoms with Crippen LogP contribution in [-0.2, 0) is 4.79 Å². The van der Waals surface area contributed by atoms with E-state index >= 15 is 0 Å². The normalized spacial score (nSPS) is 13.1. The second-order valence-corrected chi connectivity index (χ2v) is 4.36. The molecule has 0 aliphatic heterocycles. The summed E-state index contributed by atoms with van der Waals surface area (Å²) >= 11 is 0. The van der Waals surface area contributed by atoms with Crippen molar-refractivity contribution in [1.29, 1.82) is 0 Å². The maximum absolute atomic E-state index is 13.2. The molecule has 0 aliphatic carbocycles. The Morgan fingerprint density at radius 3 is 2.63 bits per heavy atom. The molecular weight excluding hydrogens is 271 g/mol. The van der Waals surface area contributed by atoms with E-state index in [9.17, 15) is 9.18 Å². The lowest BCUT2D eigenvalue weighted by Crippen LogP contribution is -2.31. The van der Waals surface area contributed by atoms with Crippen LogP contribution in [0, 0.1) is 5.82 Å². The van der Waals surface area contributed by atoms with Gasteiger partial charge in [-0.3, -0.25) is 4.79 Å². The van der Waals surface area contributed by atoms with Gasteiger partial charge in [-0.05, 0) is 32.0 Å². The van der Waals surface area contributed by atoms with Gasteiger partial charge >= 0.3 is 0 Å². The van der Waals surface area contributed by atoms with E-state index in [4.69, 9.17) is 10.5 Å². The van der Waals surface area contributed by atoms with Gasteiger partial charge in [-0.1, -0.05) is 0 Å². The third kappa shape index (κ3) is 5.44. The Kier molecular flexibility index (Phi) is 7.41. The zero-order chi connectivity index (χ0) is 13.7. The molecule has 0 spiro atoms. The molecule has 4 nitrogen and oxygen atoms in total. The average molecular weight is 291 g/mol. The molecule has 2 unspecified atom stereocenters. The molecule has 1 rings (SSSR count). The summed E-state index contributed by atoms with van der Waals surface area (Å²) in [5, 5.41) is 2.76. The highest BCUT2D eigenvalue weighted by atomic mass is 35.5. The van der Waals surface area contributed by atoms with Crippen molar-refractivity contribution in [2.45, 2.75) is 32.4 Å². The van der Waals surface area contributed by atoms with Crippen LogP contribution < -0.4 is 15.8 Å². The van der Waals surface area contributed by atoms with Crippen LogP contribution in [0.3, 0.4) is 0 Å². The minimum atomic E-state index is -0.362. The summed E-state index contributed by atoms with van der Waals surface area (Å²) in [7, 11) is 1.51. The molecule has 2 atom stereocenters. The molecule has 1 aromatic carbocycles. The van der Waals surface area contributed by atoms with Crippen molar-refractivity contribution in [3.8, 4) is 5.75 Å². The molecular formula is C13H20ClFN2O2. The van der Waals surface area contributed by atoms with Gasteiger partial charge in [0, 0.05) is 18.0 Å². The van der Waals surface area contributed by atoms with E-state index in [-0.39, 0.29) is 42.6 Å². The molecule has 0 bridgehead atoms. The largest absolute Gasteiger partial charge is 0.496 e. The van der Waals surface area contributed by atoms with Crippen LogP contribution in [0.2, 0.25) is 0 Å². The summed E-state index contributed by atoms with van der Waals surface area (Å²) < 4.78 is 18.3. The Morgan fingerprint density at radius 2 is 2.11 bits per heavy atom. The van der Waals surface area contributed by atoms with E-state index in [0.29, 0.717) is 11.3 Å². The predicted octanol–water partition coefficient (Wildman–Crippen LogP) is 2.17. The first-order valence-electron chi connectivity index (χ1n) is 5.82. The second-order valence-electron chi connectivity index (χ2n) is 4.36. The zero-order valence-corrected chi connectivity index (χ0v) is 12.1. The minimum absolute atomic E-state index is 0. The predicted molar refractivity (Wildman–Crippen MR) is 75.0 cm³/mol. The van der Waals surface area contributed by atoms with Crippen LogP contribution >= 0.6 is 12.4 Å². The molecule has 0 aliphatic rings. The number of amides is 1. The second kappa shape index (κ2) is 7.96. The summed E-state index contributed by atoms with van der Waals surface area (Å²) in [5.41, 5.74) is 6.15. The lowest BCUT2D eigenvalue weighted by atomic mass is 10.1. The molecule has 1 amide bonds. The van der Waals surface area contributed by atoms with Gasteiger partial charge in [0.2, 0.25) is 5.91 Å². The minimum Gasteiger partial charge on any atom is -0.496 e. The third-order valence-corrected chi connectivity index (χ3v) is 2.54. The summed E-state index contributed by atoms with van der Waals surface area (Å²) in [4.78, 5) is 11.6. The fourth-order valence-corrected chi connectivity index (χ4v) is 1.71. The van der Waals surface area contributed by atoms with Crippen molar-refractivity contribution in [1.82, 2.24) is 5.32 Å².